The van der Waals surface area contributed by atoms with E-state index in [1.165, 1.54) is 12.1 Å². The molecule has 1 unspecified atom stereocenters. The standard InChI is InChI=1S/C22H27FN4O2.HI/c1-25-22(27-12-2-3-17(15-27)13-21(24)28)26-14-16-4-8-19(9-5-16)29-20-10-6-18(23)7-11-20;/h4-11,17H,2-3,12-15H2,1H3,(H2,24,28)(H,25,26);1H. The fraction of sp³-hybridized carbons (Fsp3) is 0.364. The molecule has 0 aromatic heterocycles. The number of hydrogen-bond donors (Lipinski definition) is 2. The number of hydrogen-bond acceptors (Lipinski definition) is 3. The van der Waals surface area contributed by atoms with Crippen LogP contribution in [0, 0.1) is 11.7 Å². The summed E-state index contributed by atoms with van der Waals surface area (Å²) in [5, 5.41) is 3.38. The number of nitrogens with one attached hydrogen (secondary N) is 1. The van der Waals surface area contributed by atoms with Crippen LogP contribution in [0.2, 0.25) is 0 Å². The third-order valence-electron chi connectivity index (χ3n) is 4.94. The molecule has 0 saturated carbocycles. The molecule has 1 heterocycles. The summed E-state index contributed by atoms with van der Waals surface area (Å²) in [6.07, 6.45) is 2.46. The van der Waals surface area contributed by atoms with Gasteiger partial charge in [0.05, 0.1) is 0 Å². The Hall–Kier alpha value is -2.36. The van der Waals surface area contributed by atoms with E-state index >= 15 is 0 Å². The molecule has 3 rings (SSSR count). The highest BCUT2D eigenvalue weighted by Gasteiger charge is 2.23. The zero-order chi connectivity index (χ0) is 20.6. The number of nitrogens with zero attached hydrogens (tertiary/aromatic N) is 2. The minimum absolute atomic E-state index is 0. The highest BCUT2D eigenvalue weighted by Crippen LogP contribution is 2.22. The van der Waals surface area contributed by atoms with Crippen molar-refractivity contribution in [1.82, 2.24) is 10.2 Å². The van der Waals surface area contributed by atoms with Crippen LogP contribution in [0.3, 0.4) is 0 Å². The maximum Gasteiger partial charge on any atom is 0.217 e. The maximum atomic E-state index is 13.0. The van der Waals surface area contributed by atoms with Crippen LogP contribution in [0.25, 0.3) is 0 Å². The molecule has 0 bridgehead atoms. The van der Waals surface area contributed by atoms with Crippen molar-refractivity contribution in [3.05, 3.63) is 59.9 Å². The van der Waals surface area contributed by atoms with Crippen molar-refractivity contribution in [3.63, 3.8) is 0 Å². The molecular weight excluding hydrogens is 498 g/mol. The van der Waals surface area contributed by atoms with Crippen molar-refractivity contribution in [2.24, 2.45) is 16.6 Å². The van der Waals surface area contributed by atoms with Gasteiger partial charge < -0.3 is 20.7 Å². The minimum Gasteiger partial charge on any atom is -0.457 e. The summed E-state index contributed by atoms with van der Waals surface area (Å²) >= 11 is 0. The van der Waals surface area contributed by atoms with E-state index in [0.717, 1.165) is 37.5 Å². The molecule has 1 amide bonds. The Kier molecular flexibility index (Phi) is 9.35. The lowest BCUT2D eigenvalue weighted by molar-refractivity contribution is -0.119. The lowest BCUT2D eigenvalue weighted by Crippen LogP contribution is -2.46. The predicted molar refractivity (Wildman–Crippen MR) is 127 cm³/mol. The quantitative estimate of drug-likeness (QED) is 0.340. The number of halogens is 2. The molecule has 0 spiro atoms. The van der Waals surface area contributed by atoms with Crippen molar-refractivity contribution in [2.75, 3.05) is 20.1 Å². The maximum absolute atomic E-state index is 13.0. The van der Waals surface area contributed by atoms with E-state index in [1.807, 2.05) is 24.3 Å². The van der Waals surface area contributed by atoms with Crippen molar-refractivity contribution in [2.45, 2.75) is 25.8 Å². The number of guanidine groups is 1. The summed E-state index contributed by atoms with van der Waals surface area (Å²) in [7, 11) is 1.76. The van der Waals surface area contributed by atoms with Gasteiger partial charge in [0.2, 0.25) is 5.91 Å². The SMILES string of the molecule is CN=C(NCc1ccc(Oc2ccc(F)cc2)cc1)N1CCCC(CC(N)=O)C1.I. The van der Waals surface area contributed by atoms with Gasteiger partial charge >= 0.3 is 0 Å². The van der Waals surface area contributed by atoms with Gasteiger partial charge in [-0.1, -0.05) is 12.1 Å². The third kappa shape index (κ3) is 7.16. The number of primary amides is 1. The second-order valence-electron chi connectivity index (χ2n) is 7.23. The van der Waals surface area contributed by atoms with Crippen LogP contribution >= 0.6 is 24.0 Å². The number of carbonyl (C=O) groups is 1. The zero-order valence-corrected chi connectivity index (χ0v) is 19.3. The molecule has 1 atom stereocenters. The second kappa shape index (κ2) is 11.7. The van der Waals surface area contributed by atoms with E-state index in [2.05, 4.69) is 15.2 Å². The molecule has 2 aromatic rings. The number of ether oxygens (including phenoxy) is 1. The Labute approximate surface area is 193 Å². The summed E-state index contributed by atoms with van der Waals surface area (Å²) < 4.78 is 18.7. The first kappa shape index (κ1) is 23.9. The number of aliphatic imine (C=N–C) groups is 1. The van der Waals surface area contributed by atoms with Gasteiger partial charge in [0.15, 0.2) is 5.96 Å². The number of benzene rings is 2. The molecule has 1 saturated heterocycles. The first-order chi connectivity index (χ1) is 14.0. The van der Waals surface area contributed by atoms with Gasteiger partial charge in [-0.3, -0.25) is 9.79 Å². The van der Waals surface area contributed by atoms with Gasteiger partial charge in [-0.15, -0.1) is 24.0 Å². The molecule has 0 radical (unpaired) electrons. The van der Waals surface area contributed by atoms with Crippen LogP contribution in [-0.2, 0) is 11.3 Å². The number of piperidine rings is 1. The summed E-state index contributed by atoms with van der Waals surface area (Å²) in [5.41, 5.74) is 6.44. The van der Waals surface area contributed by atoms with Crippen LogP contribution < -0.4 is 15.8 Å². The lowest BCUT2D eigenvalue weighted by atomic mass is 9.95. The van der Waals surface area contributed by atoms with Crippen LogP contribution in [0.4, 0.5) is 4.39 Å². The van der Waals surface area contributed by atoms with Crippen LogP contribution in [-0.4, -0.2) is 36.9 Å². The average molecular weight is 526 g/mol. The number of carbonyl (C=O) groups excluding carboxylic acids is 1. The summed E-state index contributed by atoms with van der Waals surface area (Å²) in [4.78, 5) is 17.8. The van der Waals surface area contributed by atoms with Crippen LogP contribution in [0.5, 0.6) is 11.5 Å². The largest absolute Gasteiger partial charge is 0.457 e. The molecule has 1 fully saturated rings. The van der Waals surface area contributed by atoms with E-state index in [-0.39, 0.29) is 41.6 Å². The Balaban J connectivity index is 0.00000320. The topological polar surface area (TPSA) is 80.0 Å². The fourth-order valence-corrected chi connectivity index (χ4v) is 3.54. The lowest BCUT2D eigenvalue weighted by Gasteiger charge is -2.34. The Bertz CT molecular complexity index is 843. The van der Waals surface area contributed by atoms with Crippen molar-refractivity contribution >= 4 is 35.8 Å². The minimum atomic E-state index is -0.290. The van der Waals surface area contributed by atoms with Crippen molar-refractivity contribution in [3.8, 4) is 11.5 Å². The molecule has 2 aromatic carbocycles. The molecule has 1 aliphatic rings. The number of amides is 1. The average Bonchev–Trinajstić information content (AvgIpc) is 2.71. The van der Waals surface area contributed by atoms with E-state index in [0.29, 0.717) is 24.5 Å². The monoisotopic (exact) mass is 526 g/mol. The van der Waals surface area contributed by atoms with E-state index in [9.17, 15) is 9.18 Å². The molecule has 1 aliphatic heterocycles. The van der Waals surface area contributed by atoms with Gasteiger partial charge in [-0.25, -0.2) is 4.39 Å². The second-order valence-corrected chi connectivity index (χ2v) is 7.23. The fourth-order valence-electron chi connectivity index (χ4n) is 3.54. The molecule has 8 heteroatoms. The first-order valence-corrected chi connectivity index (χ1v) is 9.80. The number of rotatable bonds is 6. The summed E-state index contributed by atoms with van der Waals surface area (Å²) in [5.74, 6) is 1.85. The van der Waals surface area contributed by atoms with Crippen LogP contribution in [0.1, 0.15) is 24.8 Å². The summed E-state index contributed by atoms with van der Waals surface area (Å²) in [6.45, 7) is 2.33. The van der Waals surface area contributed by atoms with E-state index in [4.69, 9.17) is 10.5 Å². The van der Waals surface area contributed by atoms with Gasteiger partial charge in [0, 0.05) is 33.1 Å². The Morgan fingerprint density at radius 2 is 1.83 bits per heavy atom. The van der Waals surface area contributed by atoms with Gasteiger partial charge in [0.25, 0.3) is 0 Å². The molecule has 6 nitrogen and oxygen atoms in total. The van der Waals surface area contributed by atoms with Crippen molar-refractivity contribution < 1.29 is 13.9 Å². The first-order valence-electron chi connectivity index (χ1n) is 9.80. The zero-order valence-electron chi connectivity index (χ0n) is 17.0. The van der Waals surface area contributed by atoms with Gasteiger partial charge in [-0.2, -0.15) is 0 Å². The smallest absolute Gasteiger partial charge is 0.217 e. The number of likely N-dealkylation sites (tertiary alicyclic amines) is 1. The van der Waals surface area contributed by atoms with Crippen LogP contribution in [0.15, 0.2) is 53.5 Å². The van der Waals surface area contributed by atoms with E-state index in [1.54, 1.807) is 19.2 Å². The highest BCUT2D eigenvalue weighted by atomic mass is 127. The molecule has 0 aliphatic carbocycles. The van der Waals surface area contributed by atoms with Gasteiger partial charge in [0.1, 0.15) is 17.3 Å². The van der Waals surface area contributed by atoms with Gasteiger partial charge in [-0.05, 0) is 60.7 Å². The normalized spacial score (nSPS) is 16.5. The molecule has 3 N–H and O–H groups in total. The van der Waals surface area contributed by atoms with E-state index < -0.39 is 0 Å². The number of nitrogens with two attached hydrogens (primary N) is 1. The molecular formula is C22H28FIN4O2. The third-order valence-corrected chi connectivity index (χ3v) is 4.94. The Morgan fingerprint density at radius 3 is 2.43 bits per heavy atom. The highest BCUT2D eigenvalue weighted by molar-refractivity contribution is 14.0. The van der Waals surface area contributed by atoms with Crippen molar-refractivity contribution in [1.29, 1.82) is 0 Å². The molecule has 30 heavy (non-hydrogen) atoms. The predicted octanol–water partition coefficient (Wildman–Crippen LogP) is 3.90. The molecule has 162 valence electrons. The Morgan fingerprint density at radius 1 is 1.20 bits per heavy atom. The summed E-state index contributed by atoms with van der Waals surface area (Å²) in [6, 6.07) is 13.6.